The molecule has 0 fully saturated rings. The molecule has 0 saturated carbocycles. The van der Waals surface area contributed by atoms with Crippen molar-refractivity contribution in [3.63, 3.8) is 0 Å². The van der Waals surface area contributed by atoms with Crippen LogP contribution < -0.4 is 0 Å². The number of aliphatic carboxylic acids is 1. The summed E-state index contributed by atoms with van der Waals surface area (Å²) in [6.45, 7) is 4.83. The summed E-state index contributed by atoms with van der Waals surface area (Å²) in [6.07, 6.45) is 101. The molecule has 95 heavy (non-hydrogen) atoms. The fraction of sp³-hybridized carbons (Fsp3) is 0.826. The van der Waals surface area contributed by atoms with Crippen molar-refractivity contribution >= 4 is 17.9 Å². The van der Waals surface area contributed by atoms with Crippen LogP contribution in [-0.2, 0) is 33.3 Å². The highest BCUT2D eigenvalue weighted by Gasteiger charge is 2.25. The van der Waals surface area contributed by atoms with E-state index in [1.807, 2.05) is 21.1 Å². The maximum absolute atomic E-state index is 13.0. The van der Waals surface area contributed by atoms with Gasteiger partial charge in [-0.15, -0.1) is 0 Å². The molecular formula is C86H158NO8+. The number of esters is 2. The number of nitrogens with zero attached hydrogens (tertiary/aromatic N) is 1. The lowest BCUT2D eigenvalue weighted by Crippen LogP contribution is -2.40. The molecule has 9 nitrogen and oxygen atoms in total. The fourth-order valence-corrected chi connectivity index (χ4v) is 12.3. The molecule has 1 N–H and O–H groups in total. The first-order valence-electron chi connectivity index (χ1n) is 41.1. The van der Waals surface area contributed by atoms with Gasteiger partial charge < -0.3 is 28.5 Å². The minimum absolute atomic E-state index is 0.179. The molecule has 2 atom stereocenters. The third-order valence-electron chi connectivity index (χ3n) is 18.5. The van der Waals surface area contributed by atoms with Gasteiger partial charge in [0.05, 0.1) is 34.4 Å². The zero-order valence-electron chi connectivity index (χ0n) is 63.6. The minimum atomic E-state index is -1.51. The number of likely N-dealkylation sites (N-methyl/N-ethyl adjacent to an activating group) is 1. The summed E-state index contributed by atoms with van der Waals surface area (Å²) in [7, 11) is 5.99. The van der Waals surface area contributed by atoms with Crippen LogP contribution in [0.25, 0.3) is 0 Å². The van der Waals surface area contributed by atoms with E-state index in [0.717, 1.165) is 77.0 Å². The summed E-state index contributed by atoms with van der Waals surface area (Å²) in [4.78, 5) is 37.8. The zero-order chi connectivity index (χ0) is 69.0. The molecule has 0 spiro atoms. The van der Waals surface area contributed by atoms with Gasteiger partial charge >= 0.3 is 17.9 Å². The first kappa shape index (κ1) is 91.7. The molecule has 0 bridgehead atoms. The van der Waals surface area contributed by atoms with Crippen molar-refractivity contribution in [3.05, 3.63) is 72.9 Å². The van der Waals surface area contributed by atoms with Crippen molar-refractivity contribution in [1.29, 1.82) is 0 Å². The second-order valence-electron chi connectivity index (χ2n) is 29.1. The van der Waals surface area contributed by atoms with E-state index in [0.29, 0.717) is 17.4 Å². The monoisotopic (exact) mass is 1330 g/mol. The Labute approximate surface area is 589 Å². The molecule has 0 aliphatic rings. The first-order chi connectivity index (χ1) is 46.6. The molecular weight excluding hydrogens is 1170 g/mol. The SMILES string of the molecule is CC/C=C\C/C=C\C/C=C\C/C=C\C/C=C\C/C=C\CCCCCCCCCCCCCCCCC(=O)OC(COC(=O)CCCCCCCCCCCCCCCCCCCCCCCCCCCCCCCCCCCCCCC)COC(OCC[N+](C)(C)C)C(=O)O. The van der Waals surface area contributed by atoms with E-state index < -0.39 is 18.4 Å². The van der Waals surface area contributed by atoms with E-state index in [1.54, 1.807) is 0 Å². The molecule has 0 radical (unpaired) electrons. The van der Waals surface area contributed by atoms with Crippen LogP contribution in [0.3, 0.4) is 0 Å². The Morgan fingerprint density at radius 2 is 0.600 bits per heavy atom. The number of ether oxygens (including phenoxy) is 4. The van der Waals surface area contributed by atoms with Gasteiger partial charge in [0.1, 0.15) is 13.2 Å². The molecule has 0 amide bonds. The first-order valence-corrected chi connectivity index (χ1v) is 41.1. The topological polar surface area (TPSA) is 108 Å². The van der Waals surface area contributed by atoms with Crippen molar-refractivity contribution in [3.8, 4) is 0 Å². The zero-order valence-corrected chi connectivity index (χ0v) is 63.6. The number of carboxylic acid groups (broad SMARTS) is 1. The lowest BCUT2D eigenvalue weighted by atomic mass is 10.0. The summed E-state index contributed by atoms with van der Waals surface area (Å²) >= 11 is 0. The number of carbonyl (C=O) groups excluding carboxylic acids is 2. The molecule has 0 rings (SSSR count). The Morgan fingerprint density at radius 3 is 0.895 bits per heavy atom. The van der Waals surface area contributed by atoms with E-state index in [1.165, 1.54) is 295 Å². The van der Waals surface area contributed by atoms with Crippen LogP contribution in [-0.4, -0.2) is 87.4 Å². The van der Waals surface area contributed by atoms with Crippen LogP contribution in [0.2, 0.25) is 0 Å². The molecule has 0 aromatic rings. The number of hydrogen-bond donors (Lipinski definition) is 1. The van der Waals surface area contributed by atoms with E-state index in [9.17, 15) is 19.5 Å². The fourth-order valence-electron chi connectivity index (χ4n) is 12.3. The van der Waals surface area contributed by atoms with E-state index in [2.05, 4.69) is 86.8 Å². The molecule has 0 aromatic carbocycles. The standard InChI is InChI=1S/C86H157NO8/c1-6-8-10-12-14-16-18-20-22-24-26-28-30-32-34-36-38-40-41-42-43-45-46-48-50-52-54-56-58-60-62-64-66-68-70-72-74-76-83(88)93-80-82(81-94-86(85(90)91)92-79-78-87(3,4)5)95-84(89)77-75-73-71-69-67-65-63-61-59-57-55-53-51-49-47-44-39-37-35-33-31-29-27-25-23-21-19-17-15-13-11-9-7-2/h9,11,15,17,21,23,27,29,33,35,39,44,82,86H,6-8,10,12-14,16,18-20,22,24-26,28,30-32,34,36-38,40-43,45-81H2,1-5H3/p+1/b11-9-,17-15-,23-21-,29-27-,35-33-,44-39-. The molecule has 0 aliphatic carbocycles. The second kappa shape index (κ2) is 76.5. The molecule has 0 aliphatic heterocycles. The highest BCUT2D eigenvalue weighted by Crippen LogP contribution is 2.20. The van der Waals surface area contributed by atoms with Gasteiger partial charge in [-0.05, 0) is 64.2 Å². The minimum Gasteiger partial charge on any atom is -0.477 e. The second-order valence-corrected chi connectivity index (χ2v) is 29.1. The Hall–Kier alpha value is -3.27. The maximum Gasteiger partial charge on any atom is 0.361 e. The Balaban J connectivity index is 3.97. The van der Waals surface area contributed by atoms with Crippen LogP contribution in [0.1, 0.15) is 399 Å². The normalized spacial score (nSPS) is 13.0. The molecule has 0 saturated heterocycles. The van der Waals surface area contributed by atoms with E-state index in [-0.39, 0.29) is 38.2 Å². The highest BCUT2D eigenvalue weighted by atomic mass is 16.7. The number of carbonyl (C=O) groups is 3. The third kappa shape index (κ3) is 77.9. The van der Waals surface area contributed by atoms with Gasteiger partial charge in [-0.25, -0.2) is 4.79 Å². The van der Waals surface area contributed by atoms with Gasteiger partial charge in [0.2, 0.25) is 0 Å². The third-order valence-corrected chi connectivity index (χ3v) is 18.5. The molecule has 0 heterocycles. The van der Waals surface area contributed by atoms with Crippen LogP contribution in [0.4, 0.5) is 0 Å². The predicted octanol–water partition coefficient (Wildman–Crippen LogP) is 26.4. The Morgan fingerprint density at radius 1 is 0.326 bits per heavy atom. The lowest BCUT2D eigenvalue weighted by molar-refractivity contribution is -0.870. The van der Waals surface area contributed by atoms with Gasteiger partial charge in [0.25, 0.3) is 6.29 Å². The predicted molar refractivity (Wildman–Crippen MR) is 410 cm³/mol. The molecule has 0 aromatic heterocycles. The Kier molecular flexibility index (Phi) is 73.9. The van der Waals surface area contributed by atoms with Gasteiger partial charge in [-0.3, -0.25) is 9.59 Å². The Bertz CT molecular complexity index is 1790. The van der Waals surface area contributed by atoms with Crippen molar-refractivity contribution < 1.29 is 42.9 Å². The largest absolute Gasteiger partial charge is 0.477 e. The van der Waals surface area contributed by atoms with Gasteiger partial charge in [-0.1, -0.05) is 395 Å². The highest BCUT2D eigenvalue weighted by molar-refractivity contribution is 5.71. The summed E-state index contributed by atoms with van der Waals surface area (Å²) in [5.74, 6) is -1.98. The number of rotatable bonds is 77. The number of allylic oxidation sites excluding steroid dienone is 12. The summed E-state index contributed by atoms with van der Waals surface area (Å²) < 4.78 is 23.1. The van der Waals surface area contributed by atoms with E-state index >= 15 is 0 Å². The lowest BCUT2D eigenvalue weighted by Gasteiger charge is -2.25. The smallest absolute Gasteiger partial charge is 0.361 e. The summed E-state index contributed by atoms with van der Waals surface area (Å²) in [5.41, 5.74) is 0. The van der Waals surface area contributed by atoms with Crippen LogP contribution in [0.5, 0.6) is 0 Å². The van der Waals surface area contributed by atoms with Gasteiger partial charge in [-0.2, -0.15) is 0 Å². The quantitative estimate of drug-likeness (QED) is 0.0211. The van der Waals surface area contributed by atoms with Gasteiger partial charge in [0.15, 0.2) is 6.10 Å². The van der Waals surface area contributed by atoms with Gasteiger partial charge in [0, 0.05) is 12.8 Å². The molecule has 9 heteroatoms. The summed E-state index contributed by atoms with van der Waals surface area (Å²) in [6, 6.07) is 0. The summed E-state index contributed by atoms with van der Waals surface area (Å²) in [5, 5.41) is 9.78. The van der Waals surface area contributed by atoms with Crippen molar-refractivity contribution in [2.45, 2.75) is 411 Å². The number of unbranched alkanes of at least 4 members (excludes halogenated alkanes) is 50. The average Bonchev–Trinajstić information content (AvgIpc) is 3.75. The number of carboxylic acids is 1. The van der Waals surface area contributed by atoms with Crippen LogP contribution >= 0.6 is 0 Å². The molecule has 2 unspecified atom stereocenters. The number of quaternary nitrogens is 1. The average molecular weight is 1330 g/mol. The van der Waals surface area contributed by atoms with Crippen LogP contribution in [0.15, 0.2) is 72.9 Å². The van der Waals surface area contributed by atoms with E-state index in [4.69, 9.17) is 18.9 Å². The number of hydrogen-bond acceptors (Lipinski definition) is 7. The van der Waals surface area contributed by atoms with Crippen molar-refractivity contribution in [2.24, 2.45) is 0 Å². The molecule has 554 valence electrons. The maximum atomic E-state index is 13.0. The van der Waals surface area contributed by atoms with Crippen molar-refractivity contribution in [1.82, 2.24) is 0 Å². The van der Waals surface area contributed by atoms with Crippen molar-refractivity contribution in [2.75, 3.05) is 47.5 Å². The van der Waals surface area contributed by atoms with Crippen LogP contribution in [0, 0.1) is 0 Å².